The Morgan fingerprint density at radius 2 is 2.38 bits per heavy atom. The van der Waals surface area contributed by atoms with Gasteiger partial charge < -0.3 is 10.2 Å². The maximum atomic E-state index is 12.8. The highest BCUT2D eigenvalue weighted by atomic mass is 32.1. The summed E-state index contributed by atoms with van der Waals surface area (Å²) in [5.41, 5.74) is 2.84. The topological polar surface area (TPSA) is 45.2 Å². The Bertz CT molecular complexity index is 638. The van der Waals surface area contributed by atoms with Crippen molar-refractivity contribution in [1.29, 1.82) is 0 Å². The highest BCUT2D eigenvalue weighted by molar-refractivity contribution is 7.10. The van der Waals surface area contributed by atoms with Crippen molar-refractivity contribution in [2.45, 2.75) is 26.3 Å². The van der Waals surface area contributed by atoms with Crippen molar-refractivity contribution in [2.24, 2.45) is 0 Å². The molecule has 0 aromatic carbocycles. The van der Waals surface area contributed by atoms with Crippen molar-refractivity contribution in [1.82, 2.24) is 9.88 Å². The van der Waals surface area contributed by atoms with Crippen molar-refractivity contribution in [3.8, 4) is 0 Å². The number of thiophene rings is 1. The summed E-state index contributed by atoms with van der Waals surface area (Å²) in [6.07, 6.45) is 5.38. The van der Waals surface area contributed by atoms with E-state index in [0.29, 0.717) is 12.1 Å². The van der Waals surface area contributed by atoms with Gasteiger partial charge in [0.15, 0.2) is 0 Å². The third-order valence-corrected chi connectivity index (χ3v) is 4.73. The fourth-order valence-corrected chi connectivity index (χ4v) is 3.46. The molecule has 3 rings (SSSR count). The maximum absolute atomic E-state index is 12.8. The Kier molecular flexibility index (Phi) is 4.20. The summed E-state index contributed by atoms with van der Waals surface area (Å²) < 4.78 is 0. The summed E-state index contributed by atoms with van der Waals surface area (Å²) in [4.78, 5) is 20.2. The van der Waals surface area contributed by atoms with Gasteiger partial charge in [0.25, 0.3) is 5.91 Å². The van der Waals surface area contributed by atoms with Gasteiger partial charge in [-0.1, -0.05) is 6.92 Å². The molecule has 3 heterocycles. The molecule has 0 spiro atoms. The molecule has 5 heteroatoms. The second-order valence-electron chi connectivity index (χ2n) is 5.19. The third kappa shape index (κ3) is 2.93. The number of hydrogen-bond donors (Lipinski definition) is 1. The number of hydrogen-bond acceptors (Lipinski definition) is 4. The lowest BCUT2D eigenvalue weighted by Gasteiger charge is -2.27. The third-order valence-electron chi connectivity index (χ3n) is 3.71. The largest absolute Gasteiger partial charge is 0.384 e. The zero-order valence-electron chi connectivity index (χ0n) is 12.1. The fraction of sp³-hybridized carbons (Fsp3) is 0.375. The highest BCUT2D eigenvalue weighted by Crippen LogP contribution is 2.26. The minimum atomic E-state index is 0.0681. The van der Waals surface area contributed by atoms with E-state index in [4.69, 9.17) is 0 Å². The van der Waals surface area contributed by atoms with E-state index < -0.39 is 0 Å². The number of carbonyl (C=O) groups is 1. The molecule has 4 nitrogen and oxygen atoms in total. The summed E-state index contributed by atoms with van der Waals surface area (Å²) in [5, 5.41) is 5.42. The smallest absolute Gasteiger partial charge is 0.257 e. The van der Waals surface area contributed by atoms with E-state index in [0.717, 1.165) is 31.6 Å². The fourth-order valence-electron chi connectivity index (χ4n) is 2.57. The lowest BCUT2D eigenvalue weighted by molar-refractivity contribution is 0.0736. The summed E-state index contributed by atoms with van der Waals surface area (Å²) >= 11 is 1.79. The lowest BCUT2D eigenvalue weighted by Crippen LogP contribution is -2.35. The number of nitrogens with zero attached hydrogens (tertiary/aromatic N) is 2. The average Bonchev–Trinajstić information content (AvgIpc) is 3.00. The van der Waals surface area contributed by atoms with Gasteiger partial charge in [-0.05, 0) is 35.9 Å². The molecule has 1 aliphatic heterocycles. The first-order valence-electron chi connectivity index (χ1n) is 7.32. The van der Waals surface area contributed by atoms with Gasteiger partial charge in [-0.25, -0.2) is 0 Å². The van der Waals surface area contributed by atoms with E-state index in [2.05, 4.69) is 28.7 Å². The Labute approximate surface area is 128 Å². The monoisotopic (exact) mass is 301 g/mol. The minimum absolute atomic E-state index is 0.0681. The quantitative estimate of drug-likeness (QED) is 0.943. The second kappa shape index (κ2) is 6.26. The molecule has 0 aliphatic carbocycles. The van der Waals surface area contributed by atoms with Crippen LogP contribution in [0.3, 0.4) is 0 Å². The van der Waals surface area contributed by atoms with E-state index in [1.54, 1.807) is 23.7 Å². The molecule has 0 unspecified atom stereocenters. The first-order valence-corrected chi connectivity index (χ1v) is 8.20. The number of anilines is 1. The van der Waals surface area contributed by atoms with Crippen LogP contribution in [0.1, 0.15) is 34.1 Å². The number of carbonyl (C=O) groups excluding carboxylic acids is 1. The number of nitrogens with one attached hydrogen (secondary N) is 1. The van der Waals surface area contributed by atoms with Crippen LogP contribution in [0.5, 0.6) is 0 Å². The van der Waals surface area contributed by atoms with Gasteiger partial charge >= 0.3 is 0 Å². The molecule has 0 atom stereocenters. The van der Waals surface area contributed by atoms with Crippen LogP contribution in [0.2, 0.25) is 0 Å². The van der Waals surface area contributed by atoms with E-state index >= 15 is 0 Å². The first kappa shape index (κ1) is 14.1. The SMILES string of the molecule is CCCNc1ccncc1C(=O)N1CCc2sccc2C1. The number of rotatable bonds is 4. The number of pyridine rings is 1. The van der Waals surface area contributed by atoms with Gasteiger partial charge in [-0.15, -0.1) is 11.3 Å². The van der Waals surface area contributed by atoms with Gasteiger partial charge in [0, 0.05) is 36.9 Å². The summed E-state index contributed by atoms with van der Waals surface area (Å²) in [7, 11) is 0. The summed E-state index contributed by atoms with van der Waals surface area (Å²) in [6, 6.07) is 4.00. The molecular formula is C16H19N3OS. The molecule has 0 bridgehead atoms. The van der Waals surface area contributed by atoms with E-state index in [1.807, 2.05) is 11.0 Å². The molecule has 1 N–H and O–H groups in total. The standard InChI is InChI=1S/C16H19N3OS/c1-2-6-18-14-3-7-17-10-13(14)16(20)19-8-4-15-12(11-19)5-9-21-15/h3,5,7,9-10H,2,4,6,8,11H2,1H3,(H,17,18). The number of aromatic nitrogens is 1. The van der Waals surface area contributed by atoms with Crippen LogP contribution in [-0.4, -0.2) is 28.9 Å². The Hall–Kier alpha value is -1.88. The zero-order valence-corrected chi connectivity index (χ0v) is 12.9. The van der Waals surface area contributed by atoms with Gasteiger partial charge in [0.1, 0.15) is 0 Å². The van der Waals surface area contributed by atoms with Crippen LogP contribution in [-0.2, 0) is 13.0 Å². The zero-order chi connectivity index (χ0) is 14.7. The minimum Gasteiger partial charge on any atom is -0.384 e. The van der Waals surface area contributed by atoms with Crippen molar-refractivity contribution >= 4 is 22.9 Å². The summed E-state index contributed by atoms with van der Waals surface area (Å²) in [6.45, 7) is 4.46. The Balaban J connectivity index is 1.80. The normalized spacial score (nSPS) is 13.9. The van der Waals surface area contributed by atoms with Crippen molar-refractivity contribution < 1.29 is 4.79 Å². The van der Waals surface area contributed by atoms with Crippen molar-refractivity contribution in [3.05, 3.63) is 45.9 Å². The molecule has 1 aliphatic rings. The molecular weight excluding hydrogens is 282 g/mol. The number of fused-ring (bicyclic) bond motifs is 1. The Morgan fingerprint density at radius 3 is 3.24 bits per heavy atom. The molecule has 110 valence electrons. The van der Waals surface area contributed by atoms with Gasteiger partial charge in [0.05, 0.1) is 11.3 Å². The van der Waals surface area contributed by atoms with E-state index in [9.17, 15) is 4.79 Å². The first-order chi connectivity index (χ1) is 10.3. The number of amides is 1. The lowest BCUT2D eigenvalue weighted by atomic mass is 10.1. The predicted octanol–water partition coefficient (Wildman–Crippen LogP) is 3.16. The van der Waals surface area contributed by atoms with E-state index in [-0.39, 0.29) is 5.91 Å². The summed E-state index contributed by atoms with van der Waals surface area (Å²) in [5.74, 6) is 0.0681. The van der Waals surface area contributed by atoms with Gasteiger partial charge in [-0.2, -0.15) is 0 Å². The average molecular weight is 301 g/mol. The van der Waals surface area contributed by atoms with Gasteiger partial charge in [0.2, 0.25) is 0 Å². The highest BCUT2D eigenvalue weighted by Gasteiger charge is 2.24. The van der Waals surface area contributed by atoms with Gasteiger partial charge in [-0.3, -0.25) is 9.78 Å². The van der Waals surface area contributed by atoms with Crippen LogP contribution in [0.15, 0.2) is 29.9 Å². The van der Waals surface area contributed by atoms with Crippen LogP contribution in [0, 0.1) is 0 Å². The molecule has 0 saturated heterocycles. The predicted molar refractivity (Wildman–Crippen MR) is 85.8 cm³/mol. The Morgan fingerprint density at radius 1 is 1.48 bits per heavy atom. The molecule has 2 aromatic rings. The van der Waals surface area contributed by atoms with Crippen molar-refractivity contribution in [3.63, 3.8) is 0 Å². The van der Waals surface area contributed by atoms with E-state index in [1.165, 1.54) is 10.4 Å². The molecule has 0 radical (unpaired) electrons. The molecule has 0 saturated carbocycles. The van der Waals surface area contributed by atoms with Crippen LogP contribution in [0.4, 0.5) is 5.69 Å². The maximum Gasteiger partial charge on any atom is 0.257 e. The molecule has 2 aromatic heterocycles. The molecule has 0 fully saturated rings. The van der Waals surface area contributed by atoms with Crippen LogP contribution < -0.4 is 5.32 Å². The van der Waals surface area contributed by atoms with Crippen LogP contribution >= 0.6 is 11.3 Å². The second-order valence-corrected chi connectivity index (χ2v) is 6.19. The molecule has 21 heavy (non-hydrogen) atoms. The molecule has 1 amide bonds. The van der Waals surface area contributed by atoms with Crippen molar-refractivity contribution in [2.75, 3.05) is 18.4 Å². The van der Waals surface area contributed by atoms with Crippen LogP contribution in [0.25, 0.3) is 0 Å².